The van der Waals surface area contributed by atoms with E-state index >= 15 is 0 Å². The van der Waals surface area contributed by atoms with Crippen LogP contribution in [0.25, 0.3) is 20.7 Å². The van der Waals surface area contributed by atoms with Crippen LogP contribution in [0.3, 0.4) is 0 Å². The van der Waals surface area contributed by atoms with Crippen molar-refractivity contribution in [3.8, 4) is 10.4 Å². The highest BCUT2D eigenvalue weighted by Gasteiger charge is 2.15. The molecule has 1 amide bonds. The summed E-state index contributed by atoms with van der Waals surface area (Å²) >= 11 is 1.57. The lowest BCUT2D eigenvalue weighted by atomic mass is 10.1. The molecule has 3 heterocycles. The van der Waals surface area contributed by atoms with Gasteiger partial charge in [0.05, 0.1) is 16.4 Å². The van der Waals surface area contributed by atoms with E-state index in [1.54, 1.807) is 42.1 Å². The topological polar surface area (TPSA) is 106 Å². The molecule has 0 atom stereocenters. The molecule has 7 nitrogen and oxygen atoms in total. The van der Waals surface area contributed by atoms with Crippen molar-refractivity contribution in [1.82, 2.24) is 15.0 Å². The maximum atomic E-state index is 11.3. The van der Waals surface area contributed by atoms with Crippen LogP contribution in [-0.4, -0.2) is 27.1 Å². The van der Waals surface area contributed by atoms with Gasteiger partial charge in [0, 0.05) is 28.4 Å². The maximum Gasteiger partial charge on any atom is 0.248 e. The number of hydrazone groups is 1. The van der Waals surface area contributed by atoms with Gasteiger partial charge in [-0.15, -0.1) is 11.3 Å². The van der Waals surface area contributed by atoms with Crippen molar-refractivity contribution in [1.29, 1.82) is 0 Å². The van der Waals surface area contributed by atoms with E-state index in [4.69, 9.17) is 5.73 Å². The van der Waals surface area contributed by atoms with E-state index in [0.717, 1.165) is 31.8 Å². The average Bonchev–Trinajstić information content (AvgIpc) is 3.06. The first-order valence-corrected chi connectivity index (χ1v) is 9.28. The summed E-state index contributed by atoms with van der Waals surface area (Å²) in [5, 5.41) is 4.25. The lowest BCUT2D eigenvalue weighted by Crippen LogP contribution is -2.10. The first-order chi connectivity index (χ1) is 13.6. The molecule has 3 N–H and O–H groups in total. The second-order valence-corrected chi connectivity index (χ2v) is 7.07. The Balaban J connectivity index is 1.67. The zero-order valence-corrected chi connectivity index (χ0v) is 15.8. The van der Waals surface area contributed by atoms with Crippen LogP contribution >= 0.6 is 11.3 Å². The monoisotopic (exact) mass is 388 g/mol. The van der Waals surface area contributed by atoms with Gasteiger partial charge in [-0.2, -0.15) is 5.10 Å². The third kappa shape index (κ3) is 3.45. The second-order valence-electron chi connectivity index (χ2n) is 6.05. The number of pyridine rings is 1. The van der Waals surface area contributed by atoms with Crippen LogP contribution < -0.4 is 11.2 Å². The molecule has 0 saturated heterocycles. The Bertz CT molecular complexity index is 1170. The van der Waals surface area contributed by atoms with E-state index in [0.29, 0.717) is 11.4 Å². The van der Waals surface area contributed by atoms with Gasteiger partial charge in [-0.05, 0) is 36.2 Å². The summed E-state index contributed by atoms with van der Waals surface area (Å²) in [5.41, 5.74) is 12.6. The maximum absolute atomic E-state index is 11.3. The van der Waals surface area contributed by atoms with Crippen LogP contribution in [0.2, 0.25) is 0 Å². The summed E-state index contributed by atoms with van der Waals surface area (Å²) in [6.45, 7) is 2.02. The number of anilines is 1. The molecule has 0 radical (unpaired) electrons. The predicted molar refractivity (Wildman–Crippen MR) is 112 cm³/mol. The molecule has 1 aromatic carbocycles. The number of benzene rings is 1. The van der Waals surface area contributed by atoms with Gasteiger partial charge in [0.25, 0.3) is 0 Å². The molecular formula is C20H16N6OS. The van der Waals surface area contributed by atoms with Gasteiger partial charge in [0.1, 0.15) is 6.33 Å². The average molecular weight is 388 g/mol. The smallest absolute Gasteiger partial charge is 0.248 e. The van der Waals surface area contributed by atoms with E-state index < -0.39 is 5.91 Å². The second kappa shape index (κ2) is 7.53. The van der Waals surface area contributed by atoms with E-state index in [9.17, 15) is 4.79 Å². The molecule has 0 spiro atoms. The van der Waals surface area contributed by atoms with Crippen molar-refractivity contribution in [3.05, 3.63) is 71.8 Å². The van der Waals surface area contributed by atoms with Crippen LogP contribution in [-0.2, 0) is 0 Å². The minimum absolute atomic E-state index is 0.441. The van der Waals surface area contributed by atoms with Gasteiger partial charge < -0.3 is 5.73 Å². The van der Waals surface area contributed by atoms with Crippen molar-refractivity contribution in [3.63, 3.8) is 0 Å². The van der Waals surface area contributed by atoms with Gasteiger partial charge in [-0.1, -0.05) is 18.2 Å². The standard InChI is InChI=1S/C20H16N6OS/c1-12-16-18(28-17(12)14-4-6-15(7-5-14)19(21)27)20(24-11-23-16)26-25-10-13-3-2-8-22-9-13/h2-11H,1H3,(H2,21,27)(H,23,24,26). The van der Waals surface area contributed by atoms with Crippen molar-refractivity contribution in [2.45, 2.75) is 6.92 Å². The van der Waals surface area contributed by atoms with Crippen LogP contribution in [0.5, 0.6) is 0 Å². The number of aryl methyl sites for hydroxylation is 1. The Hall–Kier alpha value is -3.65. The number of nitrogens with two attached hydrogens (primary N) is 1. The summed E-state index contributed by atoms with van der Waals surface area (Å²) in [6, 6.07) is 11.0. The van der Waals surface area contributed by atoms with Gasteiger partial charge in [0.15, 0.2) is 5.82 Å². The van der Waals surface area contributed by atoms with Gasteiger partial charge >= 0.3 is 0 Å². The van der Waals surface area contributed by atoms with Crippen molar-refractivity contribution in [2.24, 2.45) is 10.8 Å². The van der Waals surface area contributed by atoms with Crippen LogP contribution in [0.1, 0.15) is 21.5 Å². The number of nitrogens with zero attached hydrogens (tertiary/aromatic N) is 4. The fourth-order valence-electron chi connectivity index (χ4n) is 2.78. The highest BCUT2D eigenvalue weighted by molar-refractivity contribution is 7.23. The highest BCUT2D eigenvalue weighted by atomic mass is 32.1. The number of amides is 1. The van der Waals surface area contributed by atoms with Gasteiger partial charge in [-0.25, -0.2) is 9.97 Å². The molecule has 28 heavy (non-hydrogen) atoms. The number of aromatic nitrogens is 3. The predicted octanol–water partition coefficient (Wildman–Crippen LogP) is 3.61. The van der Waals surface area contributed by atoms with Crippen molar-refractivity contribution in [2.75, 3.05) is 5.43 Å². The molecule has 138 valence electrons. The van der Waals surface area contributed by atoms with Crippen molar-refractivity contribution < 1.29 is 4.79 Å². The number of primary amides is 1. The summed E-state index contributed by atoms with van der Waals surface area (Å²) in [5.74, 6) is 0.196. The first kappa shape index (κ1) is 17.7. The fourth-order valence-corrected chi connectivity index (χ4v) is 3.99. The molecule has 0 aliphatic rings. The Labute approximate surface area is 165 Å². The Morgan fingerprint density at radius 1 is 1.21 bits per heavy atom. The largest absolute Gasteiger partial charge is 0.366 e. The third-order valence-electron chi connectivity index (χ3n) is 4.20. The fraction of sp³-hybridized carbons (Fsp3) is 0.0500. The number of thiophene rings is 1. The summed E-state index contributed by atoms with van der Waals surface area (Å²) < 4.78 is 0.914. The molecule has 4 aromatic rings. The van der Waals surface area contributed by atoms with Crippen LogP contribution in [0.4, 0.5) is 5.82 Å². The quantitative estimate of drug-likeness (QED) is 0.401. The van der Waals surface area contributed by atoms with Crippen molar-refractivity contribution >= 4 is 39.5 Å². The number of hydrogen-bond acceptors (Lipinski definition) is 7. The Morgan fingerprint density at radius 2 is 2.04 bits per heavy atom. The first-order valence-electron chi connectivity index (χ1n) is 8.47. The molecular weight excluding hydrogens is 372 g/mol. The molecule has 8 heteroatoms. The lowest BCUT2D eigenvalue weighted by molar-refractivity contribution is 0.100. The zero-order chi connectivity index (χ0) is 19.5. The van der Waals surface area contributed by atoms with E-state index in [1.807, 2.05) is 31.2 Å². The minimum Gasteiger partial charge on any atom is -0.366 e. The van der Waals surface area contributed by atoms with Crippen LogP contribution in [0, 0.1) is 6.92 Å². The zero-order valence-electron chi connectivity index (χ0n) is 15.0. The number of hydrogen-bond donors (Lipinski definition) is 2. The molecule has 0 aliphatic heterocycles. The Kier molecular flexibility index (Phi) is 4.77. The van der Waals surface area contributed by atoms with E-state index in [1.165, 1.54) is 6.33 Å². The molecule has 0 aliphatic carbocycles. The van der Waals surface area contributed by atoms with E-state index in [2.05, 4.69) is 25.5 Å². The third-order valence-corrected chi connectivity index (χ3v) is 5.54. The highest BCUT2D eigenvalue weighted by Crippen LogP contribution is 2.39. The Morgan fingerprint density at radius 3 is 2.75 bits per heavy atom. The lowest BCUT2D eigenvalue weighted by Gasteiger charge is -2.01. The molecule has 0 unspecified atom stereocenters. The minimum atomic E-state index is -0.441. The molecule has 0 bridgehead atoms. The number of nitrogens with one attached hydrogen (secondary N) is 1. The molecule has 0 saturated carbocycles. The SMILES string of the molecule is Cc1c(-c2ccc(C(N)=O)cc2)sc2c(NN=Cc3cccnc3)ncnc12. The molecule has 4 rings (SSSR count). The summed E-state index contributed by atoms with van der Waals surface area (Å²) in [4.78, 5) is 25.1. The molecule has 0 fully saturated rings. The number of rotatable bonds is 5. The van der Waals surface area contributed by atoms with Gasteiger partial charge in [-0.3, -0.25) is 15.2 Å². The normalized spacial score (nSPS) is 11.2. The number of carbonyl (C=O) groups excluding carboxylic acids is 1. The van der Waals surface area contributed by atoms with Crippen LogP contribution in [0.15, 0.2) is 60.2 Å². The number of fused-ring (bicyclic) bond motifs is 1. The van der Waals surface area contributed by atoms with Gasteiger partial charge in [0.2, 0.25) is 5.91 Å². The number of carbonyl (C=O) groups is 1. The van der Waals surface area contributed by atoms with E-state index in [-0.39, 0.29) is 0 Å². The molecule has 3 aromatic heterocycles. The summed E-state index contributed by atoms with van der Waals surface area (Å²) in [7, 11) is 0. The summed E-state index contributed by atoms with van der Waals surface area (Å²) in [6.07, 6.45) is 6.64.